The summed E-state index contributed by atoms with van der Waals surface area (Å²) in [5, 5.41) is 4.12. The van der Waals surface area contributed by atoms with Gasteiger partial charge in [-0.1, -0.05) is 24.4 Å². The predicted molar refractivity (Wildman–Crippen MR) is 77.0 cm³/mol. The van der Waals surface area contributed by atoms with Crippen molar-refractivity contribution in [2.75, 3.05) is 11.2 Å². The normalized spacial score (nSPS) is 24.6. The van der Waals surface area contributed by atoms with Crippen LogP contribution in [0.25, 0.3) is 0 Å². The number of hydrogen-bond donors (Lipinski definition) is 1. The molecule has 1 aromatic heterocycles. The quantitative estimate of drug-likeness (QED) is 0.808. The number of anilines is 1. The standard InChI is InChI=1S/C12H15BrCl2N2/c13-10-5-9(15)7-16-12(10)17-11-4-2-1-3-8(11)6-14/h5,7-8,11H,1-4,6H2,(H,16,17). The predicted octanol–water partition coefficient (Wildman–Crippen LogP) is 4.71. The molecule has 0 bridgehead atoms. The number of alkyl halides is 1. The van der Waals surface area contributed by atoms with Crippen molar-refractivity contribution in [1.29, 1.82) is 0 Å². The molecule has 0 spiro atoms. The molecule has 0 aromatic carbocycles. The van der Waals surface area contributed by atoms with Crippen molar-refractivity contribution in [2.45, 2.75) is 31.7 Å². The maximum absolute atomic E-state index is 6.01. The summed E-state index contributed by atoms with van der Waals surface area (Å²) in [4.78, 5) is 4.31. The smallest absolute Gasteiger partial charge is 0.140 e. The average molecular weight is 338 g/mol. The second kappa shape index (κ2) is 6.26. The maximum atomic E-state index is 6.01. The molecule has 5 heteroatoms. The molecule has 0 saturated heterocycles. The SMILES string of the molecule is ClCC1CCCCC1Nc1ncc(Cl)cc1Br. The largest absolute Gasteiger partial charge is 0.366 e. The monoisotopic (exact) mass is 336 g/mol. The first-order valence-electron chi connectivity index (χ1n) is 5.84. The Hall–Kier alpha value is 0.01000. The summed E-state index contributed by atoms with van der Waals surface area (Å²) in [7, 11) is 0. The molecule has 2 atom stereocenters. The van der Waals surface area contributed by atoms with Gasteiger partial charge in [0.15, 0.2) is 0 Å². The van der Waals surface area contributed by atoms with Gasteiger partial charge in [-0.25, -0.2) is 4.98 Å². The van der Waals surface area contributed by atoms with Gasteiger partial charge in [0.05, 0.1) is 9.50 Å². The molecule has 2 nitrogen and oxygen atoms in total. The summed E-state index contributed by atoms with van der Waals surface area (Å²) in [5.74, 6) is 2.11. The van der Waals surface area contributed by atoms with Gasteiger partial charge in [-0.2, -0.15) is 0 Å². The number of rotatable bonds is 3. The molecule has 1 saturated carbocycles. The van der Waals surface area contributed by atoms with E-state index in [0.717, 1.165) is 16.7 Å². The fourth-order valence-electron chi connectivity index (χ4n) is 2.28. The number of nitrogens with zero attached hydrogens (tertiary/aromatic N) is 1. The molecular weight excluding hydrogens is 323 g/mol. The highest BCUT2D eigenvalue weighted by molar-refractivity contribution is 9.10. The Morgan fingerprint density at radius 2 is 2.18 bits per heavy atom. The lowest BCUT2D eigenvalue weighted by molar-refractivity contribution is 0.352. The maximum Gasteiger partial charge on any atom is 0.140 e. The number of hydrogen-bond acceptors (Lipinski definition) is 2. The van der Waals surface area contributed by atoms with Gasteiger partial charge in [0.25, 0.3) is 0 Å². The molecular formula is C12H15BrCl2N2. The van der Waals surface area contributed by atoms with Crippen LogP contribution >= 0.6 is 39.1 Å². The topological polar surface area (TPSA) is 24.9 Å². The van der Waals surface area contributed by atoms with E-state index in [0.29, 0.717) is 22.9 Å². The van der Waals surface area contributed by atoms with Crippen molar-refractivity contribution < 1.29 is 0 Å². The van der Waals surface area contributed by atoms with Gasteiger partial charge in [-0.05, 0) is 40.8 Å². The molecule has 1 aliphatic rings. The van der Waals surface area contributed by atoms with Gasteiger partial charge in [-0.3, -0.25) is 0 Å². The molecule has 1 aliphatic carbocycles. The lowest BCUT2D eigenvalue weighted by Crippen LogP contribution is -2.33. The van der Waals surface area contributed by atoms with Crippen LogP contribution in [-0.2, 0) is 0 Å². The minimum absolute atomic E-state index is 0.422. The van der Waals surface area contributed by atoms with E-state index in [1.54, 1.807) is 6.20 Å². The third-order valence-electron chi connectivity index (χ3n) is 3.24. The first-order valence-corrected chi connectivity index (χ1v) is 7.55. The van der Waals surface area contributed by atoms with Crippen LogP contribution in [0.5, 0.6) is 0 Å². The Balaban J connectivity index is 2.08. The number of halogens is 3. The van der Waals surface area contributed by atoms with Gasteiger partial charge < -0.3 is 5.32 Å². The van der Waals surface area contributed by atoms with E-state index in [1.165, 1.54) is 19.3 Å². The van der Waals surface area contributed by atoms with E-state index < -0.39 is 0 Å². The van der Waals surface area contributed by atoms with Crippen molar-refractivity contribution in [3.8, 4) is 0 Å². The van der Waals surface area contributed by atoms with Crippen LogP contribution in [0, 0.1) is 5.92 Å². The summed E-state index contributed by atoms with van der Waals surface area (Å²) in [6, 6.07) is 2.28. The molecule has 1 fully saturated rings. The molecule has 94 valence electrons. The molecule has 17 heavy (non-hydrogen) atoms. The van der Waals surface area contributed by atoms with Gasteiger partial charge in [0.2, 0.25) is 0 Å². The van der Waals surface area contributed by atoms with Crippen LogP contribution in [0.2, 0.25) is 5.02 Å². The second-order valence-corrected chi connectivity index (χ2v) is 6.03. The summed E-state index contributed by atoms with van der Waals surface area (Å²) in [5.41, 5.74) is 0. The summed E-state index contributed by atoms with van der Waals surface area (Å²) < 4.78 is 0.906. The van der Waals surface area contributed by atoms with Crippen LogP contribution in [-0.4, -0.2) is 16.9 Å². The van der Waals surface area contributed by atoms with Crippen LogP contribution in [0.15, 0.2) is 16.7 Å². The molecule has 0 aliphatic heterocycles. The molecule has 2 rings (SSSR count). The first-order chi connectivity index (χ1) is 8.20. The lowest BCUT2D eigenvalue weighted by atomic mass is 9.86. The summed E-state index contributed by atoms with van der Waals surface area (Å²) in [6.07, 6.45) is 6.56. The highest BCUT2D eigenvalue weighted by Gasteiger charge is 2.24. The van der Waals surface area contributed by atoms with Gasteiger partial charge in [0.1, 0.15) is 5.82 Å². The zero-order valence-electron chi connectivity index (χ0n) is 9.43. The van der Waals surface area contributed by atoms with Crippen molar-refractivity contribution >= 4 is 44.9 Å². The molecule has 0 radical (unpaired) electrons. The van der Waals surface area contributed by atoms with E-state index in [2.05, 4.69) is 26.2 Å². The van der Waals surface area contributed by atoms with E-state index in [4.69, 9.17) is 23.2 Å². The highest BCUT2D eigenvalue weighted by Crippen LogP contribution is 2.30. The Morgan fingerprint density at radius 1 is 1.41 bits per heavy atom. The minimum atomic E-state index is 0.422. The molecule has 1 heterocycles. The zero-order valence-corrected chi connectivity index (χ0v) is 12.5. The minimum Gasteiger partial charge on any atom is -0.366 e. The van der Waals surface area contributed by atoms with Gasteiger partial charge >= 0.3 is 0 Å². The van der Waals surface area contributed by atoms with E-state index in [1.807, 2.05) is 6.07 Å². The molecule has 2 unspecified atom stereocenters. The number of nitrogens with one attached hydrogen (secondary N) is 1. The Bertz CT molecular complexity index is 387. The fourth-order valence-corrected chi connectivity index (χ4v) is 3.40. The fraction of sp³-hybridized carbons (Fsp3) is 0.583. The van der Waals surface area contributed by atoms with Crippen molar-refractivity contribution in [1.82, 2.24) is 4.98 Å². The zero-order chi connectivity index (χ0) is 12.3. The van der Waals surface area contributed by atoms with Crippen molar-refractivity contribution in [2.24, 2.45) is 5.92 Å². The third-order valence-corrected chi connectivity index (χ3v) is 4.44. The van der Waals surface area contributed by atoms with Crippen LogP contribution < -0.4 is 5.32 Å². The molecule has 1 aromatic rings. The van der Waals surface area contributed by atoms with Crippen molar-refractivity contribution in [3.63, 3.8) is 0 Å². The Labute approximate surface area is 120 Å². The summed E-state index contributed by atoms with van der Waals surface area (Å²) >= 11 is 15.4. The summed E-state index contributed by atoms with van der Waals surface area (Å²) in [6.45, 7) is 0. The second-order valence-electron chi connectivity index (χ2n) is 4.43. The van der Waals surface area contributed by atoms with Crippen LogP contribution in [0.1, 0.15) is 25.7 Å². The Kier molecular flexibility index (Phi) is 4.95. The first kappa shape index (κ1) is 13.4. The van der Waals surface area contributed by atoms with E-state index in [9.17, 15) is 0 Å². The van der Waals surface area contributed by atoms with Gasteiger partial charge in [-0.15, -0.1) is 11.6 Å². The van der Waals surface area contributed by atoms with Crippen molar-refractivity contribution in [3.05, 3.63) is 21.8 Å². The number of aromatic nitrogens is 1. The van der Waals surface area contributed by atoms with E-state index in [-0.39, 0.29) is 0 Å². The Morgan fingerprint density at radius 3 is 2.88 bits per heavy atom. The molecule has 0 amide bonds. The van der Waals surface area contributed by atoms with Crippen LogP contribution in [0.4, 0.5) is 5.82 Å². The van der Waals surface area contributed by atoms with Crippen LogP contribution in [0.3, 0.4) is 0 Å². The third kappa shape index (κ3) is 3.49. The average Bonchev–Trinajstić information content (AvgIpc) is 2.33. The lowest BCUT2D eigenvalue weighted by Gasteiger charge is -2.31. The molecule has 1 N–H and O–H groups in total. The van der Waals surface area contributed by atoms with Gasteiger partial charge in [0, 0.05) is 18.1 Å². The highest BCUT2D eigenvalue weighted by atomic mass is 79.9. The number of pyridine rings is 1. The van der Waals surface area contributed by atoms with E-state index >= 15 is 0 Å².